The number of nitro groups is 1. The lowest BCUT2D eigenvalue weighted by molar-refractivity contribution is -0.385. The topological polar surface area (TPSA) is 81.5 Å². The van der Waals surface area contributed by atoms with Crippen LogP contribution in [0.4, 0.5) is 5.69 Å². The van der Waals surface area contributed by atoms with Gasteiger partial charge in [0, 0.05) is 22.7 Å². The molecule has 0 saturated heterocycles. The molecular formula is C15H12Cl2N2O4. The Labute approximate surface area is 142 Å². The summed E-state index contributed by atoms with van der Waals surface area (Å²) in [7, 11) is 0. The molecule has 120 valence electrons. The second-order valence-corrected chi connectivity index (χ2v) is 5.44. The summed E-state index contributed by atoms with van der Waals surface area (Å²) < 4.78 is 5.19. The predicted molar refractivity (Wildman–Crippen MR) is 86.9 cm³/mol. The monoisotopic (exact) mass is 354 g/mol. The third kappa shape index (κ3) is 5.12. The molecule has 0 atom stereocenters. The maximum absolute atomic E-state index is 11.8. The summed E-state index contributed by atoms with van der Waals surface area (Å²) in [6.07, 6.45) is 0. The number of rotatable bonds is 6. The lowest BCUT2D eigenvalue weighted by Crippen LogP contribution is -2.28. The number of hydrogen-bond donors (Lipinski definition) is 1. The van der Waals surface area contributed by atoms with E-state index in [1.165, 1.54) is 18.2 Å². The molecule has 1 N–H and O–H groups in total. The molecule has 0 saturated carbocycles. The number of hydrogen-bond acceptors (Lipinski definition) is 4. The second kappa shape index (κ2) is 7.80. The Bertz CT molecular complexity index is 737. The molecule has 6 nitrogen and oxygen atoms in total. The zero-order valence-corrected chi connectivity index (χ0v) is 13.3. The van der Waals surface area contributed by atoms with Crippen molar-refractivity contribution in [2.24, 2.45) is 0 Å². The number of carbonyl (C=O) groups excluding carboxylic acids is 1. The second-order valence-electron chi connectivity index (χ2n) is 4.56. The zero-order chi connectivity index (χ0) is 16.8. The molecule has 8 heteroatoms. The lowest BCUT2D eigenvalue weighted by Gasteiger charge is -2.08. The molecule has 0 aliphatic rings. The summed E-state index contributed by atoms with van der Waals surface area (Å²) in [6.45, 7) is -0.0610. The van der Waals surface area contributed by atoms with E-state index in [0.717, 1.165) is 5.56 Å². The van der Waals surface area contributed by atoms with Gasteiger partial charge in [-0.3, -0.25) is 14.9 Å². The Balaban J connectivity index is 1.91. The van der Waals surface area contributed by atoms with Crippen LogP contribution in [-0.4, -0.2) is 17.4 Å². The fraction of sp³-hybridized carbons (Fsp3) is 0.133. The van der Waals surface area contributed by atoms with Gasteiger partial charge in [0.05, 0.1) is 4.92 Å². The molecule has 0 radical (unpaired) electrons. The van der Waals surface area contributed by atoms with Gasteiger partial charge in [-0.15, -0.1) is 0 Å². The van der Waals surface area contributed by atoms with Crippen molar-refractivity contribution in [3.05, 3.63) is 68.2 Å². The fourth-order valence-electron chi connectivity index (χ4n) is 1.80. The number of nitrogens with one attached hydrogen (secondary N) is 1. The van der Waals surface area contributed by atoms with Gasteiger partial charge in [-0.1, -0.05) is 35.3 Å². The van der Waals surface area contributed by atoms with Crippen molar-refractivity contribution in [3.63, 3.8) is 0 Å². The summed E-state index contributed by atoms with van der Waals surface area (Å²) in [5, 5.41) is 14.3. The van der Waals surface area contributed by atoms with Crippen LogP contribution in [0.1, 0.15) is 5.56 Å². The van der Waals surface area contributed by atoms with Gasteiger partial charge in [-0.05, 0) is 29.8 Å². The van der Waals surface area contributed by atoms with Crippen LogP contribution in [0.25, 0.3) is 0 Å². The molecule has 2 rings (SSSR count). The molecular weight excluding hydrogens is 343 g/mol. The van der Waals surface area contributed by atoms with Crippen molar-refractivity contribution in [1.29, 1.82) is 0 Å². The largest absolute Gasteiger partial charge is 0.477 e. The molecule has 0 spiro atoms. The van der Waals surface area contributed by atoms with E-state index in [1.54, 1.807) is 18.2 Å². The SMILES string of the molecule is O=C(COc1ccc(Cl)cc1[N+](=O)[O-])NCc1cccc(Cl)c1. The smallest absolute Gasteiger partial charge is 0.312 e. The van der Waals surface area contributed by atoms with E-state index < -0.39 is 10.8 Å². The summed E-state index contributed by atoms with van der Waals surface area (Å²) in [6, 6.07) is 11.0. The van der Waals surface area contributed by atoms with Crippen LogP contribution < -0.4 is 10.1 Å². The Morgan fingerprint density at radius 3 is 2.61 bits per heavy atom. The van der Waals surface area contributed by atoms with Gasteiger partial charge in [0.2, 0.25) is 0 Å². The molecule has 23 heavy (non-hydrogen) atoms. The first-order chi connectivity index (χ1) is 11.0. The van der Waals surface area contributed by atoms with E-state index in [2.05, 4.69) is 5.32 Å². The molecule has 2 aromatic rings. The molecule has 0 heterocycles. The first-order valence-corrected chi connectivity index (χ1v) is 7.29. The maximum atomic E-state index is 11.8. The van der Waals surface area contributed by atoms with Crippen molar-refractivity contribution < 1.29 is 14.5 Å². The van der Waals surface area contributed by atoms with Crippen molar-refractivity contribution in [2.45, 2.75) is 6.54 Å². The number of ether oxygens (including phenoxy) is 1. The molecule has 0 fully saturated rings. The summed E-state index contributed by atoms with van der Waals surface area (Å²) in [5.41, 5.74) is 0.545. The number of halogens is 2. The van der Waals surface area contributed by atoms with Gasteiger partial charge < -0.3 is 10.1 Å². The third-order valence-corrected chi connectivity index (χ3v) is 3.33. The molecule has 0 unspecified atom stereocenters. The molecule has 0 aliphatic carbocycles. The summed E-state index contributed by atoms with van der Waals surface area (Å²) in [5.74, 6) is -0.425. The molecule has 2 aromatic carbocycles. The number of nitrogens with zero attached hydrogens (tertiary/aromatic N) is 1. The summed E-state index contributed by atoms with van der Waals surface area (Å²) >= 11 is 11.6. The number of nitro benzene ring substituents is 1. The van der Waals surface area contributed by atoms with E-state index in [-0.39, 0.29) is 29.6 Å². The van der Waals surface area contributed by atoms with E-state index >= 15 is 0 Å². The minimum Gasteiger partial charge on any atom is -0.477 e. The first-order valence-electron chi connectivity index (χ1n) is 6.53. The predicted octanol–water partition coefficient (Wildman–Crippen LogP) is 3.60. The van der Waals surface area contributed by atoms with Crippen molar-refractivity contribution >= 4 is 34.8 Å². The lowest BCUT2D eigenvalue weighted by atomic mass is 10.2. The van der Waals surface area contributed by atoms with Crippen LogP contribution in [0.2, 0.25) is 10.0 Å². The highest BCUT2D eigenvalue weighted by Gasteiger charge is 2.16. The van der Waals surface area contributed by atoms with Gasteiger partial charge in [0.1, 0.15) is 0 Å². The normalized spacial score (nSPS) is 10.2. The van der Waals surface area contributed by atoms with Crippen molar-refractivity contribution in [2.75, 3.05) is 6.61 Å². The third-order valence-electron chi connectivity index (χ3n) is 2.86. The minimum absolute atomic E-state index is 0.0164. The van der Waals surface area contributed by atoms with Crippen molar-refractivity contribution in [3.8, 4) is 5.75 Å². The molecule has 0 aliphatic heterocycles. The van der Waals surface area contributed by atoms with Gasteiger partial charge in [0.15, 0.2) is 12.4 Å². The van der Waals surface area contributed by atoms with Crippen LogP contribution in [0.3, 0.4) is 0 Å². The highest BCUT2D eigenvalue weighted by atomic mass is 35.5. The summed E-state index contributed by atoms with van der Waals surface area (Å²) in [4.78, 5) is 22.1. The Morgan fingerprint density at radius 1 is 1.17 bits per heavy atom. The molecule has 1 amide bonds. The van der Waals surface area contributed by atoms with Crippen LogP contribution in [-0.2, 0) is 11.3 Å². The first kappa shape index (κ1) is 17.1. The van der Waals surface area contributed by atoms with Crippen LogP contribution in [0, 0.1) is 10.1 Å². The number of amides is 1. The van der Waals surface area contributed by atoms with Gasteiger partial charge in [-0.25, -0.2) is 0 Å². The van der Waals surface area contributed by atoms with Crippen molar-refractivity contribution in [1.82, 2.24) is 5.32 Å². The standard InChI is InChI=1S/C15H12Cl2N2O4/c16-11-3-1-2-10(6-11)8-18-15(20)9-23-14-5-4-12(17)7-13(14)19(21)22/h1-7H,8-9H2,(H,18,20). The maximum Gasteiger partial charge on any atom is 0.312 e. The van der Waals surface area contributed by atoms with Gasteiger partial charge >= 0.3 is 5.69 Å². The average Bonchev–Trinajstić information content (AvgIpc) is 2.51. The van der Waals surface area contributed by atoms with Gasteiger partial charge in [-0.2, -0.15) is 0 Å². The number of benzene rings is 2. The quantitative estimate of drug-likeness (QED) is 0.634. The highest BCUT2D eigenvalue weighted by molar-refractivity contribution is 6.31. The van der Waals surface area contributed by atoms with Crippen LogP contribution in [0.5, 0.6) is 5.75 Å². The zero-order valence-electron chi connectivity index (χ0n) is 11.8. The fourth-order valence-corrected chi connectivity index (χ4v) is 2.18. The van der Waals surface area contributed by atoms with Crippen LogP contribution in [0.15, 0.2) is 42.5 Å². The molecule has 0 aromatic heterocycles. The highest BCUT2D eigenvalue weighted by Crippen LogP contribution is 2.29. The molecule has 0 bridgehead atoms. The van der Waals surface area contributed by atoms with Gasteiger partial charge in [0.25, 0.3) is 5.91 Å². The van der Waals surface area contributed by atoms with E-state index in [0.29, 0.717) is 5.02 Å². The van der Waals surface area contributed by atoms with E-state index in [1.807, 2.05) is 6.07 Å². The Kier molecular flexibility index (Phi) is 5.78. The minimum atomic E-state index is -0.620. The van der Waals surface area contributed by atoms with E-state index in [4.69, 9.17) is 27.9 Å². The van der Waals surface area contributed by atoms with Crippen LogP contribution >= 0.6 is 23.2 Å². The Morgan fingerprint density at radius 2 is 1.91 bits per heavy atom. The number of carbonyl (C=O) groups is 1. The van der Waals surface area contributed by atoms with E-state index in [9.17, 15) is 14.9 Å². The Hall–Kier alpha value is -2.31. The average molecular weight is 355 g/mol.